The highest BCUT2D eigenvalue weighted by Crippen LogP contribution is 2.19. The van der Waals surface area contributed by atoms with Gasteiger partial charge in [-0.25, -0.2) is 0 Å². The summed E-state index contributed by atoms with van der Waals surface area (Å²) >= 11 is 0. The zero-order valence-corrected chi connectivity index (χ0v) is 10.6. The molecule has 2 aromatic heterocycles. The topological polar surface area (TPSA) is 60.6 Å². The number of benzene rings is 1. The fourth-order valence-electron chi connectivity index (χ4n) is 1.96. The van der Waals surface area contributed by atoms with Crippen LogP contribution in [0.5, 0.6) is 0 Å². The number of hydrogen-bond acceptors (Lipinski definition) is 4. The Balaban J connectivity index is 1.81. The van der Waals surface area contributed by atoms with E-state index < -0.39 is 0 Å². The third-order valence-electron chi connectivity index (χ3n) is 2.88. The van der Waals surface area contributed by atoms with E-state index in [-0.39, 0.29) is 0 Å². The quantitative estimate of drug-likeness (QED) is 0.768. The molecular formula is C13H14N6. The van der Waals surface area contributed by atoms with Gasteiger partial charge in [0.1, 0.15) is 6.33 Å². The summed E-state index contributed by atoms with van der Waals surface area (Å²) in [7, 11) is 2.01. The largest absolute Gasteiger partial charge is 0.379 e. The van der Waals surface area contributed by atoms with Gasteiger partial charge in [0.2, 0.25) is 0 Å². The minimum Gasteiger partial charge on any atom is -0.379 e. The van der Waals surface area contributed by atoms with Crippen LogP contribution >= 0.6 is 0 Å². The molecule has 3 rings (SSSR count). The molecule has 0 bridgehead atoms. The average molecular weight is 254 g/mol. The lowest BCUT2D eigenvalue weighted by atomic mass is 10.2. The fraction of sp³-hybridized carbons (Fsp3) is 0.154. The van der Waals surface area contributed by atoms with Crippen molar-refractivity contribution >= 4 is 5.69 Å². The van der Waals surface area contributed by atoms with Crippen LogP contribution in [0.1, 0.15) is 5.56 Å². The number of nitrogens with one attached hydrogen (secondary N) is 1. The van der Waals surface area contributed by atoms with Crippen molar-refractivity contribution in [2.24, 2.45) is 7.05 Å². The van der Waals surface area contributed by atoms with Gasteiger partial charge in [0.25, 0.3) is 0 Å². The molecule has 2 heterocycles. The van der Waals surface area contributed by atoms with Crippen LogP contribution in [0.3, 0.4) is 0 Å². The van der Waals surface area contributed by atoms with E-state index in [1.807, 2.05) is 42.1 Å². The molecule has 0 saturated heterocycles. The van der Waals surface area contributed by atoms with Crippen LogP contribution < -0.4 is 5.32 Å². The summed E-state index contributed by atoms with van der Waals surface area (Å²) in [6.45, 7) is 0.764. The van der Waals surface area contributed by atoms with E-state index in [1.165, 1.54) is 5.56 Å². The Kier molecular flexibility index (Phi) is 2.97. The predicted molar refractivity (Wildman–Crippen MR) is 71.9 cm³/mol. The molecule has 0 radical (unpaired) electrons. The smallest absolute Gasteiger partial charge is 0.143 e. The van der Waals surface area contributed by atoms with Gasteiger partial charge in [0.05, 0.1) is 11.4 Å². The molecule has 0 spiro atoms. The Morgan fingerprint density at radius 2 is 2.11 bits per heavy atom. The summed E-state index contributed by atoms with van der Waals surface area (Å²) in [5.74, 6) is 0. The molecule has 0 aliphatic rings. The van der Waals surface area contributed by atoms with Gasteiger partial charge in [-0.2, -0.15) is 4.68 Å². The third kappa shape index (κ3) is 2.47. The summed E-state index contributed by atoms with van der Waals surface area (Å²) < 4.78 is 3.68. The minimum atomic E-state index is 0.764. The number of anilines is 1. The maximum Gasteiger partial charge on any atom is 0.143 e. The fourth-order valence-corrected chi connectivity index (χ4v) is 1.96. The number of tetrazole rings is 1. The molecule has 0 fully saturated rings. The molecule has 0 aliphatic heterocycles. The monoisotopic (exact) mass is 254 g/mol. The maximum absolute atomic E-state index is 3.92. The van der Waals surface area contributed by atoms with Gasteiger partial charge < -0.3 is 9.88 Å². The Bertz CT molecular complexity index is 655. The second kappa shape index (κ2) is 4.93. The van der Waals surface area contributed by atoms with Crippen LogP contribution in [0.25, 0.3) is 5.69 Å². The molecule has 3 aromatic rings. The molecular weight excluding hydrogens is 240 g/mol. The number of nitrogens with zero attached hydrogens (tertiary/aromatic N) is 5. The highest BCUT2D eigenvalue weighted by molar-refractivity contribution is 5.60. The van der Waals surface area contributed by atoms with Crippen molar-refractivity contribution in [2.45, 2.75) is 6.54 Å². The van der Waals surface area contributed by atoms with Crippen LogP contribution in [-0.4, -0.2) is 24.8 Å². The van der Waals surface area contributed by atoms with Crippen molar-refractivity contribution in [3.63, 3.8) is 0 Å². The van der Waals surface area contributed by atoms with Gasteiger partial charge in [0.15, 0.2) is 0 Å². The molecule has 0 amide bonds. The highest BCUT2D eigenvalue weighted by atomic mass is 15.5. The first-order chi connectivity index (χ1) is 9.33. The molecule has 1 N–H and O–H groups in total. The molecule has 0 unspecified atom stereocenters. The second-order valence-corrected chi connectivity index (χ2v) is 4.31. The van der Waals surface area contributed by atoms with Gasteiger partial charge in [-0.1, -0.05) is 12.1 Å². The zero-order valence-electron chi connectivity index (χ0n) is 10.6. The lowest BCUT2D eigenvalue weighted by Gasteiger charge is -2.10. The van der Waals surface area contributed by atoms with Crippen molar-refractivity contribution in [3.8, 4) is 5.69 Å². The second-order valence-electron chi connectivity index (χ2n) is 4.31. The van der Waals surface area contributed by atoms with Crippen LogP contribution in [0.15, 0.2) is 49.1 Å². The molecule has 19 heavy (non-hydrogen) atoms. The molecule has 6 nitrogen and oxygen atoms in total. The highest BCUT2D eigenvalue weighted by Gasteiger charge is 2.05. The Morgan fingerprint density at radius 3 is 2.84 bits per heavy atom. The number of aryl methyl sites for hydroxylation is 1. The van der Waals surface area contributed by atoms with Crippen molar-refractivity contribution in [1.82, 2.24) is 24.8 Å². The van der Waals surface area contributed by atoms with E-state index in [9.17, 15) is 0 Å². The summed E-state index contributed by atoms with van der Waals surface area (Å²) in [5, 5.41) is 14.6. The molecule has 1 aromatic carbocycles. The first-order valence-electron chi connectivity index (χ1n) is 6.00. The van der Waals surface area contributed by atoms with E-state index in [2.05, 4.69) is 33.1 Å². The summed E-state index contributed by atoms with van der Waals surface area (Å²) in [6, 6.07) is 10.0. The van der Waals surface area contributed by atoms with E-state index >= 15 is 0 Å². The van der Waals surface area contributed by atoms with Crippen LogP contribution in [-0.2, 0) is 13.6 Å². The van der Waals surface area contributed by atoms with E-state index in [0.717, 1.165) is 17.9 Å². The van der Waals surface area contributed by atoms with Gasteiger partial charge in [0, 0.05) is 26.0 Å². The lowest BCUT2D eigenvalue weighted by Crippen LogP contribution is -2.04. The zero-order chi connectivity index (χ0) is 13.1. The van der Waals surface area contributed by atoms with Crippen molar-refractivity contribution < 1.29 is 0 Å². The standard InChI is InChI=1S/C13H14N6/c1-18-7-6-11(9-18)8-14-12-4-2-3-5-13(12)19-10-15-16-17-19/h2-7,9-10,14H,8H2,1H3. The molecule has 0 aliphatic carbocycles. The number of aromatic nitrogens is 5. The first kappa shape index (κ1) is 11.5. The van der Waals surface area contributed by atoms with Crippen LogP contribution in [0.2, 0.25) is 0 Å². The van der Waals surface area contributed by atoms with Crippen LogP contribution in [0.4, 0.5) is 5.69 Å². The summed E-state index contributed by atoms with van der Waals surface area (Å²) in [5.41, 5.74) is 3.16. The van der Waals surface area contributed by atoms with Crippen molar-refractivity contribution in [3.05, 3.63) is 54.6 Å². The van der Waals surface area contributed by atoms with Gasteiger partial charge in [-0.15, -0.1) is 5.10 Å². The van der Waals surface area contributed by atoms with E-state index in [0.29, 0.717) is 0 Å². The van der Waals surface area contributed by atoms with Gasteiger partial charge in [-0.05, 0) is 34.2 Å². The Labute approximate surface area is 110 Å². The Hall–Kier alpha value is -2.63. The average Bonchev–Trinajstić information content (AvgIpc) is 3.08. The first-order valence-corrected chi connectivity index (χ1v) is 6.00. The number of para-hydroxylation sites is 2. The van der Waals surface area contributed by atoms with Gasteiger partial charge in [-0.3, -0.25) is 0 Å². The molecule has 0 saturated carbocycles. The molecule has 0 atom stereocenters. The lowest BCUT2D eigenvalue weighted by molar-refractivity contribution is 0.789. The van der Waals surface area contributed by atoms with E-state index in [4.69, 9.17) is 0 Å². The minimum absolute atomic E-state index is 0.764. The van der Waals surface area contributed by atoms with Crippen LogP contribution in [0, 0.1) is 0 Å². The summed E-state index contributed by atoms with van der Waals surface area (Å²) in [4.78, 5) is 0. The third-order valence-corrected chi connectivity index (χ3v) is 2.88. The molecule has 96 valence electrons. The Morgan fingerprint density at radius 1 is 1.21 bits per heavy atom. The van der Waals surface area contributed by atoms with Crippen molar-refractivity contribution in [2.75, 3.05) is 5.32 Å². The number of rotatable bonds is 4. The summed E-state index contributed by atoms with van der Waals surface area (Å²) in [6.07, 6.45) is 5.71. The van der Waals surface area contributed by atoms with Crippen molar-refractivity contribution in [1.29, 1.82) is 0 Å². The molecule has 6 heteroatoms. The van der Waals surface area contributed by atoms with Gasteiger partial charge >= 0.3 is 0 Å². The predicted octanol–water partition coefficient (Wildman–Crippen LogP) is 1.61. The normalized spacial score (nSPS) is 10.6. The van der Waals surface area contributed by atoms with E-state index in [1.54, 1.807) is 11.0 Å². The maximum atomic E-state index is 3.92. The number of hydrogen-bond donors (Lipinski definition) is 1. The SMILES string of the molecule is Cn1ccc(CNc2ccccc2-n2cnnn2)c1.